The van der Waals surface area contributed by atoms with Crippen molar-refractivity contribution in [1.29, 1.82) is 0 Å². The van der Waals surface area contributed by atoms with Crippen LogP contribution in [0.1, 0.15) is 34.6 Å². The first kappa shape index (κ1) is 23.4. The molecule has 5 nitrogen and oxygen atoms in total. The van der Waals surface area contributed by atoms with Gasteiger partial charge in [0.05, 0.1) is 32.0 Å². The van der Waals surface area contributed by atoms with E-state index in [0.29, 0.717) is 21.2 Å². The normalized spacial score (nSPS) is 25.1. The summed E-state index contributed by atoms with van der Waals surface area (Å²) >= 11 is 24.4. The Bertz CT molecular complexity index is 1050. The monoisotopic (exact) mass is 512 g/mol. The molecule has 2 heterocycles. The molecule has 2 amide bonds. The molecule has 0 N–H and O–H groups in total. The number of ketones is 1. The van der Waals surface area contributed by atoms with Crippen molar-refractivity contribution in [3.05, 3.63) is 67.6 Å². The molecule has 0 aromatic heterocycles. The summed E-state index contributed by atoms with van der Waals surface area (Å²) in [6.45, 7) is 4.29. The Labute approximate surface area is 206 Å². The molecule has 2 saturated heterocycles. The predicted octanol–water partition coefficient (Wildman–Crippen LogP) is 5.49. The van der Waals surface area contributed by atoms with Crippen LogP contribution in [-0.4, -0.2) is 53.6 Å². The van der Waals surface area contributed by atoms with E-state index >= 15 is 0 Å². The summed E-state index contributed by atoms with van der Waals surface area (Å²) in [5.74, 6) is -0.489. The number of rotatable bonds is 2. The average molecular weight is 514 g/mol. The van der Waals surface area contributed by atoms with Crippen LogP contribution >= 0.6 is 46.4 Å². The van der Waals surface area contributed by atoms with Gasteiger partial charge in [-0.25, -0.2) is 0 Å². The number of carbonyl (C=O) groups is 3. The summed E-state index contributed by atoms with van der Waals surface area (Å²) in [6, 6.07) is 9.43. The topological polar surface area (TPSA) is 57.7 Å². The van der Waals surface area contributed by atoms with Gasteiger partial charge in [-0.1, -0.05) is 46.4 Å². The molecule has 2 aliphatic heterocycles. The van der Waals surface area contributed by atoms with E-state index in [4.69, 9.17) is 46.4 Å². The summed E-state index contributed by atoms with van der Waals surface area (Å²) in [5.41, 5.74) is -1.18. The Morgan fingerprint density at radius 2 is 1.06 bits per heavy atom. The fraction of sp³-hybridized carbons (Fsp3) is 0.348. The van der Waals surface area contributed by atoms with Gasteiger partial charge < -0.3 is 9.80 Å². The van der Waals surface area contributed by atoms with Crippen LogP contribution in [-0.2, 0) is 4.79 Å². The van der Waals surface area contributed by atoms with Crippen molar-refractivity contribution < 1.29 is 14.4 Å². The SMILES string of the molecule is CC12CN(C(=O)c3ccc(Cl)cc3Cl)CC(C)(CN(C(=O)c3ccc(Cl)cc3Cl)C1)C2=O. The minimum atomic E-state index is -0.922. The Balaban J connectivity index is 1.63. The lowest BCUT2D eigenvalue weighted by atomic mass is 9.64. The largest absolute Gasteiger partial charge is 0.336 e. The average Bonchev–Trinajstić information content (AvgIpc) is 2.69. The number of halogens is 4. The van der Waals surface area contributed by atoms with E-state index < -0.39 is 10.8 Å². The molecule has 0 radical (unpaired) electrons. The molecular formula is C23H20Cl4N2O3. The lowest BCUT2D eigenvalue weighted by Gasteiger charge is -2.55. The van der Waals surface area contributed by atoms with Crippen LogP contribution in [0.5, 0.6) is 0 Å². The second-order valence-corrected chi connectivity index (χ2v) is 10.7. The third-order valence-electron chi connectivity index (χ3n) is 6.15. The highest BCUT2D eigenvalue weighted by atomic mass is 35.5. The maximum absolute atomic E-state index is 13.3. The molecule has 32 heavy (non-hydrogen) atoms. The van der Waals surface area contributed by atoms with Crippen molar-refractivity contribution in [3.63, 3.8) is 0 Å². The summed E-state index contributed by atoms with van der Waals surface area (Å²) in [5, 5.41) is 1.39. The standard InChI is InChI=1S/C23H20Cl4N2O3/c1-22-9-28(19(30)15-5-3-13(24)7-17(15)26)11-23(2,21(22)32)12-29(10-22)20(31)16-6-4-14(25)8-18(16)27/h3-8H,9-12H2,1-2H3. The van der Waals surface area contributed by atoms with E-state index in [0.717, 1.165) is 0 Å². The number of benzene rings is 2. The number of carbonyl (C=O) groups excluding carboxylic acids is 3. The Morgan fingerprint density at radius 3 is 1.38 bits per heavy atom. The molecule has 0 atom stereocenters. The fourth-order valence-electron chi connectivity index (χ4n) is 4.87. The van der Waals surface area contributed by atoms with Gasteiger partial charge in [-0.3, -0.25) is 14.4 Å². The van der Waals surface area contributed by atoms with Crippen molar-refractivity contribution in [3.8, 4) is 0 Å². The minimum Gasteiger partial charge on any atom is -0.336 e. The molecule has 0 unspecified atom stereocenters. The molecule has 2 bridgehead atoms. The second kappa shape index (κ2) is 8.21. The van der Waals surface area contributed by atoms with E-state index in [2.05, 4.69) is 0 Å². The third kappa shape index (κ3) is 4.01. The maximum Gasteiger partial charge on any atom is 0.255 e. The molecule has 0 aliphatic carbocycles. The van der Waals surface area contributed by atoms with Gasteiger partial charge in [-0.05, 0) is 50.2 Å². The number of likely N-dealkylation sites (tertiary alicyclic amines) is 2. The molecule has 168 valence electrons. The van der Waals surface area contributed by atoms with Gasteiger partial charge in [0.25, 0.3) is 11.8 Å². The number of Topliss-reactive ketones (excluding diaryl/α,β-unsaturated/α-hetero) is 1. The highest BCUT2D eigenvalue weighted by molar-refractivity contribution is 6.37. The zero-order valence-electron chi connectivity index (χ0n) is 17.4. The number of nitrogens with zero attached hydrogens (tertiary/aromatic N) is 2. The molecular weight excluding hydrogens is 494 g/mol. The minimum absolute atomic E-state index is 0.0440. The quantitative estimate of drug-likeness (QED) is 0.533. The molecule has 2 aromatic rings. The van der Waals surface area contributed by atoms with Gasteiger partial charge in [0.15, 0.2) is 5.78 Å². The van der Waals surface area contributed by atoms with Gasteiger partial charge in [0.1, 0.15) is 0 Å². The van der Waals surface area contributed by atoms with E-state index in [1.54, 1.807) is 47.9 Å². The zero-order valence-corrected chi connectivity index (χ0v) is 20.4. The van der Waals surface area contributed by atoms with Gasteiger partial charge in [0.2, 0.25) is 0 Å². The highest BCUT2D eigenvalue weighted by Gasteiger charge is 2.57. The van der Waals surface area contributed by atoms with Crippen LogP contribution in [0, 0.1) is 10.8 Å². The van der Waals surface area contributed by atoms with Crippen molar-refractivity contribution >= 4 is 64.0 Å². The first-order chi connectivity index (χ1) is 14.9. The summed E-state index contributed by atoms with van der Waals surface area (Å²) in [7, 11) is 0. The van der Waals surface area contributed by atoms with Crippen molar-refractivity contribution in [2.75, 3.05) is 26.2 Å². The number of piperidine rings is 2. The van der Waals surface area contributed by atoms with Crippen LogP contribution in [0.4, 0.5) is 0 Å². The van der Waals surface area contributed by atoms with Crippen molar-refractivity contribution in [1.82, 2.24) is 9.80 Å². The smallest absolute Gasteiger partial charge is 0.255 e. The lowest BCUT2D eigenvalue weighted by molar-refractivity contribution is -0.153. The van der Waals surface area contributed by atoms with E-state index in [1.807, 2.05) is 0 Å². The molecule has 0 spiro atoms. The Hall–Kier alpha value is -1.79. The van der Waals surface area contributed by atoms with Crippen molar-refractivity contribution in [2.45, 2.75) is 13.8 Å². The Kier molecular flexibility index (Phi) is 6.00. The predicted molar refractivity (Wildman–Crippen MR) is 126 cm³/mol. The Morgan fingerprint density at radius 1 is 0.719 bits per heavy atom. The number of fused-ring (bicyclic) bond motifs is 2. The van der Waals surface area contributed by atoms with Gasteiger partial charge in [-0.15, -0.1) is 0 Å². The van der Waals surface area contributed by atoms with Crippen molar-refractivity contribution in [2.24, 2.45) is 10.8 Å². The molecule has 9 heteroatoms. The van der Waals surface area contributed by atoms with E-state index in [1.165, 1.54) is 12.1 Å². The van der Waals surface area contributed by atoms with Crippen LogP contribution in [0.15, 0.2) is 36.4 Å². The fourth-order valence-corrected chi connectivity index (χ4v) is 5.84. The van der Waals surface area contributed by atoms with Crippen LogP contribution in [0.2, 0.25) is 20.1 Å². The van der Waals surface area contributed by atoms with E-state index in [9.17, 15) is 14.4 Å². The molecule has 0 saturated carbocycles. The molecule has 2 aliphatic rings. The maximum atomic E-state index is 13.3. The highest BCUT2D eigenvalue weighted by Crippen LogP contribution is 2.43. The lowest BCUT2D eigenvalue weighted by Crippen LogP contribution is -2.69. The van der Waals surface area contributed by atoms with Crippen LogP contribution in [0.3, 0.4) is 0 Å². The van der Waals surface area contributed by atoms with Gasteiger partial charge in [0, 0.05) is 36.2 Å². The van der Waals surface area contributed by atoms with Crippen LogP contribution in [0.25, 0.3) is 0 Å². The van der Waals surface area contributed by atoms with Gasteiger partial charge in [-0.2, -0.15) is 0 Å². The number of hydrogen-bond acceptors (Lipinski definition) is 3. The summed E-state index contributed by atoms with van der Waals surface area (Å²) in [4.78, 5) is 43.1. The number of amides is 2. The summed E-state index contributed by atoms with van der Waals surface area (Å²) < 4.78 is 0. The third-order valence-corrected chi connectivity index (χ3v) is 7.25. The first-order valence-corrected chi connectivity index (χ1v) is 11.5. The molecule has 2 fully saturated rings. The van der Waals surface area contributed by atoms with E-state index in [-0.39, 0.29) is 53.8 Å². The molecule has 4 rings (SSSR count). The van der Waals surface area contributed by atoms with Crippen LogP contribution < -0.4 is 0 Å². The molecule has 2 aromatic carbocycles. The number of hydrogen-bond donors (Lipinski definition) is 0. The summed E-state index contributed by atoms with van der Waals surface area (Å²) in [6.07, 6.45) is 0. The zero-order chi connectivity index (χ0) is 23.4. The van der Waals surface area contributed by atoms with Gasteiger partial charge >= 0.3 is 0 Å². The second-order valence-electron chi connectivity index (χ2n) is 9.02. The first-order valence-electron chi connectivity index (χ1n) is 9.97.